The first-order valence-electron chi connectivity index (χ1n) is 8.10. The fourth-order valence-electron chi connectivity index (χ4n) is 2.77. The third-order valence-electron chi connectivity index (χ3n) is 4.30. The van der Waals surface area contributed by atoms with Gasteiger partial charge in [0.1, 0.15) is 6.10 Å². The van der Waals surface area contributed by atoms with Crippen LogP contribution in [-0.4, -0.2) is 23.2 Å². The van der Waals surface area contributed by atoms with Crippen molar-refractivity contribution in [3.05, 3.63) is 35.4 Å². The molecule has 0 fully saturated rings. The van der Waals surface area contributed by atoms with Crippen LogP contribution >= 0.6 is 15.9 Å². The number of ether oxygens (including phenoxy) is 1. The molecule has 0 aliphatic rings. The molecular weight excluding hydrogens is 368 g/mol. The van der Waals surface area contributed by atoms with Gasteiger partial charge in [0, 0.05) is 13.3 Å². The molecule has 130 valence electrons. The Hall–Kier alpha value is -1.60. The topological polar surface area (TPSA) is 43.4 Å². The van der Waals surface area contributed by atoms with Crippen molar-refractivity contribution in [2.24, 2.45) is 0 Å². The molecule has 2 unspecified atom stereocenters. The number of Topliss-reactive ketones (excluding diaryl/α,β-unsaturated/α-hetero) is 1. The van der Waals surface area contributed by atoms with Crippen molar-refractivity contribution in [1.29, 1.82) is 0 Å². The van der Waals surface area contributed by atoms with E-state index in [-0.39, 0.29) is 17.9 Å². The Labute approximate surface area is 153 Å². The lowest BCUT2D eigenvalue weighted by atomic mass is 9.74. The van der Waals surface area contributed by atoms with Gasteiger partial charge >= 0.3 is 5.97 Å². The SMILES string of the molecule is C#CCCC(CCC(C)(C(=O)CBr)c1cccc(C)c1)OC(C)=O. The van der Waals surface area contributed by atoms with Crippen LogP contribution in [-0.2, 0) is 19.7 Å². The predicted molar refractivity (Wildman–Crippen MR) is 100 cm³/mol. The van der Waals surface area contributed by atoms with E-state index >= 15 is 0 Å². The molecule has 0 bridgehead atoms. The number of hydrogen-bond donors (Lipinski definition) is 0. The highest BCUT2D eigenvalue weighted by Gasteiger charge is 2.34. The number of aryl methyl sites for hydroxylation is 1. The van der Waals surface area contributed by atoms with Crippen molar-refractivity contribution >= 4 is 27.7 Å². The summed E-state index contributed by atoms with van der Waals surface area (Å²) in [5.41, 5.74) is 1.49. The predicted octanol–water partition coefficient (Wildman–Crippen LogP) is 4.34. The van der Waals surface area contributed by atoms with Crippen LogP contribution < -0.4 is 0 Å². The van der Waals surface area contributed by atoms with Crippen LogP contribution in [0, 0.1) is 19.3 Å². The molecule has 3 nitrogen and oxygen atoms in total. The van der Waals surface area contributed by atoms with Gasteiger partial charge in [-0.1, -0.05) is 45.8 Å². The van der Waals surface area contributed by atoms with Crippen molar-refractivity contribution in [3.63, 3.8) is 0 Å². The zero-order valence-corrected chi connectivity index (χ0v) is 16.2. The zero-order valence-electron chi connectivity index (χ0n) is 14.6. The minimum atomic E-state index is -0.621. The first kappa shape index (κ1) is 20.4. The Morgan fingerprint density at radius 2 is 2.08 bits per heavy atom. The van der Waals surface area contributed by atoms with Crippen LogP contribution in [0.25, 0.3) is 0 Å². The second kappa shape index (κ2) is 9.64. The van der Waals surface area contributed by atoms with Crippen LogP contribution in [0.3, 0.4) is 0 Å². The standard InChI is InChI=1S/C20H25BrO3/c1-5-6-10-18(24-16(3)22)11-12-20(4,19(23)14-21)17-9-7-8-15(2)13-17/h1,7-9,13,18H,6,10-12,14H2,2-4H3. The minimum Gasteiger partial charge on any atom is -0.463 e. The average molecular weight is 393 g/mol. The molecule has 0 heterocycles. The molecule has 0 saturated heterocycles. The van der Waals surface area contributed by atoms with Crippen LogP contribution in [0.5, 0.6) is 0 Å². The summed E-state index contributed by atoms with van der Waals surface area (Å²) in [5, 5.41) is 0.292. The van der Waals surface area contributed by atoms with E-state index in [9.17, 15) is 9.59 Å². The van der Waals surface area contributed by atoms with Crippen molar-refractivity contribution in [3.8, 4) is 12.3 Å². The molecule has 0 N–H and O–H groups in total. The molecule has 4 heteroatoms. The molecule has 0 aliphatic heterocycles. The van der Waals surface area contributed by atoms with Gasteiger partial charge in [-0.15, -0.1) is 12.3 Å². The summed E-state index contributed by atoms with van der Waals surface area (Å²) < 4.78 is 5.36. The Bertz CT molecular complexity index is 618. The molecule has 0 spiro atoms. The lowest BCUT2D eigenvalue weighted by Gasteiger charge is -2.30. The van der Waals surface area contributed by atoms with Crippen molar-refractivity contribution < 1.29 is 14.3 Å². The summed E-state index contributed by atoms with van der Waals surface area (Å²) in [6.07, 6.45) is 7.42. The van der Waals surface area contributed by atoms with Gasteiger partial charge in [0.25, 0.3) is 0 Å². The summed E-state index contributed by atoms with van der Waals surface area (Å²) >= 11 is 3.29. The number of esters is 1. The number of halogens is 1. The largest absolute Gasteiger partial charge is 0.463 e. The summed E-state index contributed by atoms with van der Waals surface area (Å²) in [6.45, 7) is 5.36. The van der Waals surface area contributed by atoms with Crippen LogP contribution in [0.15, 0.2) is 24.3 Å². The molecule has 0 aliphatic carbocycles. The number of terminal acetylenes is 1. The molecular formula is C20H25BrO3. The Balaban J connectivity index is 2.98. The number of carbonyl (C=O) groups excluding carboxylic acids is 2. The third kappa shape index (κ3) is 5.79. The van der Waals surface area contributed by atoms with E-state index in [1.807, 2.05) is 38.1 Å². The van der Waals surface area contributed by atoms with Crippen LogP contribution in [0.1, 0.15) is 50.7 Å². The molecule has 24 heavy (non-hydrogen) atoms. The van der Waals surface area contributed by atoms with E-state index in [4.69, 9.17) is 11.2 Å². The summed E-state index contributed by atoms with van der Waals surface area (Å²) in [5.74, 6) is 2.37. The highest BCUT2D eigenvalue weighted by atomic mass is 79.9. The number of carbonyl (C=O) groups is 2. The lowest BCUT2D eigenvalue weighted by molar-refractivity contribution is -0.147. The molecule has 0 radical (unpaired) electrons. The number of benzene rings is 1. The maximum absolute atomic E-state index is 12.6. The smallest absolute Gasteiger partial charge is 0.302 e. The van der Waals surface area contributed by atoms with Gasteiger partial charge in [-0.05, 0) is 38.7 Å². The second-order valence-corrected chi connectivity index (χ2v) is 6.83. The fraction of sp³-hybridized carbons (Fsp3) is 0.500. The maximum Gasteiger partial charge on any atom is 0.302 e. The Morgan fingerprint density at radius 3 is 2.62 bits per heavy atom. The molecule has 2 atom stereocenters. The highest BCUT2D eigenvalue weighted by Crippen LogP contribution is 2.33. The normalized spacial score (nSPS) is 14.3. The van der Waals surface area contributed by atoms with Gasteiger partial charge in [-0.3, -0.25) is 9.59 Å². The van der Waals surface area contributed by atoms with Gasteiger partial charge in [0.05, 0.1) is 10.7 Å². The molecule has 0 aromatic heterocycles. The molecule has 0 saturated carbocycles. The van der Waals surface area contributed by atoms with Gasteiger partial charge in [0.2, 0.25) is 0 Å². The van der Waals surface area contributed by atoms with E-state index in [1.54, 1.807) is 0 Å². The van der Waals surface area contributed by atoms with Crippen molar-refractivity contribution in [2.45, 2.75) is 58.0 Å². The molecule has 1 rings (SSSR count). The number of hydrogen-bond acceptors (Lipinski definition) is 3. The quantitative estimate of drug-likeness (QED) is 0.356. The fourth-order valence-corrected chi connectivity index (χ4v) is 3.39. The van der Waals surface area contributed by atoms with Gasteiger partial charge in [-0.25, -0.2) is 0 Å². The number of alkyl halides is 1. The summed E-state index contributed by atoms with van der Waals surface area (Å²) in [6, 6.07) is 8.00. The highest BCUT2D eigenvalue weighted by molar-refractivity contribution is 9.09. The Morgan fingerprint density at radius 1 is 1.38 bits per heavy atom. The van der Waals surface area contributed by atoms with Gasteiger partial charge in [0.15, 0.2) is 5.78 Å². The molecule has 1 aromatic rings. The summed E-state index contributed by atoms with van der Waals surface area (Å²) in [4.78, 5) is 23.9. The van der Waals surface area contributed by atoms with E-state index in [0.29, 0.717) is 31.0 Å². The summed E-state index contributed by atoms with van der Waals surface area (Å²) in [7, 11) is 0. The van der Waals surface area contributed by atoms with Crippen LogP contribution in [0.4, 0.5) is 0 Å². The Kier molecular flexibility index (Phi) is 8.21. The maximum atomic E-state index is 12.6. The monoisotopic (exact) mass is 392 g/mol. The first-order valence-corrected chi connectivity index (χ1v) is 9.22. The van der Waals surface area contributed by atoms with Gasteiger partial charge < -0.3 is 4.74 Å². The van der Waals surface area contributed by atoms with Crippen LogP contribution in [0.2, 0.25) is 0 Å². The van der Waals surface area contributed by atoms with E-state index in [0.717, 1.165) is 11.1 Å². The second-order valence-electron chi connectivity index (χ2n) is 6.27. The first-order chi connectivity index (χ1) is 11.3. The van der Waals surface area contributed by atoms with E-state index in [2.05, 4.69) is 21.9 Å². The number of ketones is 1. The van der Waals surface area contributed by atoms with Gasteiger partial charge in [-0.2, -0.15) is 0 Å². The van der Waals surface area contributed by atoms with E-state index < -0.39 is 5.41 Å². The lowest BCUT2D eigenvalue weighted by Crippen LogP contribution is -2.35. The average Bonchev–Trinajstić information content (AvgIpc) is 2.55. The number of rotatable bonds is 9. The third-order valence-corrected chi connectivity index (χ3v) is 4.81. The molecule has 1 aromatic carbocycles. The van der Waals surface area contributed by atoms with Crippen molar-refractivity contribution in [2.75, 3.05) is 5.33 Å². The van der Waals surface area contributed by atoms with E-state index in [1.165, 1.54) is 6.92 Å². The minimum absolute atomic E-state index is 0.117. The zero-order chi connectivity index (χ0) is 18.2. The van der Waals surface area contributed by atoms with Crippen molar-refractivity contribution in [1.82, 2.24) is 0 Å². The molecule has 0 amide bonds.